The zero-order valence-electron chi connectivity index (χ0n) is 34.5. The zero-order valence-corrected chi connectivity index (χ0v) is 34.5. The molecule has 0 unspecified atom stereocenters. The van der Waals surface area contributed by atoms with Crippen LogP contribution >= 0.6 is 0 Å². The Labute approximate surface area is 351 Å². The van der Waals surface area contributed by atoms with Gasteiger partial charge in [-0.2, -0.15) is 0 Å². The highest BCUT2D eigenvalue weighted by atomic mass is 16.5. The lowest BCUT2D eigenvalue weighted by atomic mass is 9.78. The predicted molar refractivity (Wildman–Crippen MR) is 248 cm³/mol. The molecule has 0 aromatic heterocycles. The van der Waals surface area contributed by atoms with Crippen molar-refractivity contribution in [3.8, 4) is 44.9 Å². The van der Waals surface area contributed by atoms with Crippen molar-refractivity contribution in [1.29, 1.82) is 0 Å². The van der Waals surface area contributed by atoms with E-state index >= 15 is 0 Å². The van der Waals surface area contributed by atoms with Crippen molar-refractivity contribution in [2.45, 2.75) is 41.5 Å². The smallest absolute Gasteiger partial charge is 0.316 e. The maximum Gasteiger partial charge on any atom is 0.316 e. The van der Waals surface area contributed by atoms with Gasteiger partial charge in [-0.1, -0.05) is 72.8 Å². The third-order valence-corrected chi connectivity index (χ3v) is 12.9. The van der Waals surface area contributed by atoms with Gasteiger partial charge >= 0.3 is 11.9 Å². The van der Waals surface area contributed by atoms with E-state index in [-0.39, 0.29) is 21.7 Å². The molecule has 0 bridgehead atoms. The van der Waals surface area contributed by atoms with Crippen LogP contribution in [0.1, 0.15) is 41.5 Å². The van der Waals surface area contributed by atoms with Gasteiger partial charge in [0.05, 0.1) is 10.8 Å². The van der Waals surface area contributed by atoms with Crippen LogP contribution in [0.2, 0.25) is 0 Å². The first-order chi connectivity index (χ1) is 29.5. The van der Waals surface area contributed by atoms with Gasteiger partial charge in [0.15, 0.2) is 21.7 Å². The number of hydrogen-bond acceptors (Lipinski definition) is 8. The van der Waals surface area contributed by atoms with E-state index in [4.69, 9.17) is 9.47 Å². The lowest BCUT2D eigenvalue weighted by molar-refractivity contribution is -0.143. The van der Waals surface area contributed by atoms with Crippen molar-refractivity contribution in [1.82, 2.24) is 0 Å². The van der Waals surface area contributed by atoms with Gasteiger partial charge in [-0.25, -0.2) is 0 Å². The topological polar surface area (TPSA) is 121 Å². The van der Waals surface area contributed by atoms with Crippen molar-refractivity contribution < 1.29 is 19.1 Å². The molecule has 62 heavy (non-hydrogen) atoms. The molecule has 0 saturated heterocycles. The summed E-state index contributed by atoms with van der Waals surface area (Å²) in [6.45, 7) is 10.6. The van der Waals surface area contributed by atoms with Gasteiger partial charge in [-0.15, -0.1) is 0 Å². The predicted octanol–water partition coefficient (Wildman–Crippen LogP) is 10.8. The number of esters is 2. The van der Waals surface area contributed by atoms with Gasteiger partial charge in [-0.05, 0) is 76.9 Å². The van der Waals surface area contributed by atoms with E-state index in [0.29, 0.717) is 120 Å². The van der Waals surface area contributed by atoms with Crippen LogP contribution in [0.25, 0.3) is 120 Å². The third kappa shape index (κ3) is 4.45. The molecule has 298 valence electrons. The number of carbonyl (C=O) groups excluding carboxylic acids is 2. The minimum Gasteiger partial charge on any atom is -0.425 e. The molecule has 0 heterocycles. The number of ether oxygens (including phenoxy) is 2. The fraction of sp³-hybridized carbons (Fsp3) is 0.148. The lowest BCUT2D eigenvalue weighted by Gasteiger charge is -2.25. The first-order valence-electron chi connectivity index (χ1n) is 20.6. The summed E-state index contributed by atoms with van der Waals surface area (Å²) in [5.74, 6) is -0.271. The van der Waals surface area contributed by atoms with E-state index < -0.39 is 22.8 Å². The summed E-state index contributed by atoms with van der Waals surface area (Å²) in [6, 6.07) is 28.5. The maximum absolute atomic E-state index is 14.8. The molecule has 8 aromatic rings. The van der Waals surface area contributed by atoms with Crippen LogP contribution in [-0.4, -0.2) is 11.9 Å². The summed E-state index contributed by atoms with van der Waals surface area (Å²) in [5, 5.41) is 7.80. The Morgan fingerprint density at radius 1 is 0.355 bits per heavy atom. The Hall–Kier alpha value is -7.58. The van der Waals surface area contributed by atoms with Crippen LogP contribution in [0.4, 0.5) is 0 Å². The quantitative estimate of drug-likeness (QED) is 0.0748. The van der Waals surface area contributed by atoms with Gasteiger partial charge in [-0.3, -0.25) is 28.8 Å². The molecular weight excluding hydrogens is 777 g/mol. The van der Waals surface area contributed by atoms with E-state index in [1.54, 1.807) is 114 Å². The highest BCUT2D eigenvalue weighted by Gasteiger charge is 2.34. The summed E-state index contributed by atoms with van der Waals surface area (Å²) < 4.78 is 12.3. The molecule has 0 N–H and O–H groups in total. The second-order valence-electron chi connectivity index (χ2n) is 18.8. The fourth-order valence-corrected chi connectivity index (χ4v) is 10.0. The van der Waals surface area contributed by atoms with Crippen molar-refractivity contribution in [3.63, 3.8) is 0 Å². The van der Waals surface area contributed by atoms with E-state index in [1.807, 2.05) is 24.3 Å². The second kappa shape index (κ2) is 11.6. The van der Waals surface area contributed by atoms with E-state index in [9.17, 15) is 28.8 Å². The van der Waals surface area contributed by atoms with Crippen LogP contribution in [0.15, 0.2) is 116 Å². The molecule has 8 nitrogen and oxygen atoms in total. The molecule has 4 aliphatic carbocycles. The Morgan fingerprint density at radius 3 is 0.839 bits per heavy atom. The fourth-order valence-electron chi connectivity index (χ4n) is 10.0. The summed E-state index contributed by atoms with van der Waals surface area (Å²) in [6.07, 6.45) is 0. The third-order valence-electron chi connectivity index (χ3n) is 12.9. The largest absolute Gasteiger partial charge is 0.425 e. The summed E-state index contributed by atoms with van der Waals surface area (Å²) in [7, 11) is 0. The van der Waals surface area contributed by atoms with E-state index in [1.165, 1.54) is 0 Å². The standard InChI is InChI=1S/C54H34O8/c1-53(2,3)51(59)61-49-29-15-7-11-25-37(29)43-38-26(12-8-16-30(38)49)46(56)34-20-23(19-33(41(34)43)45(25)55)24-21-35-42-36(22-24)48(58)28-14-10-18-32-40(28)44(42)39-27(47(35)57)13-9-17-31(39)50(32)62-52(60)54(4,5)6/h7-22H,1-6H3. The van der Waals surface area contributed by atoms with E-state index in [2.05, 4.69) is 0 Å². The normalized spacial score (nSPS) is 13.1. The lowest BCUT2D eigenvalue weighted by Crippen LogP contribution is -2.26. The molecule has 0 saturated carbocycles. The summed E-state index contributed by atoms with van der Waals surface area (Å²) >= 11 is 0. The zero-order chi connectivity index (χ0) is 43.0. The van der Waals surface area contributed by atoms with Gasteiger partial charge < -0.3 is 9.47 Å². The number of carbonyl (C=O) groups is 2. The Morgan fingerprint density at radius 2 is 0.597 bits per heavy atom. The molecule has 4 aliphatic rings. The first-order valence-corrected chi connectivity index (χ1v) is 20.6. The molecule has 0 radical (unpaired) electrons. The van der Waals surface area contributed by atoms with Crippen molar-refractivity contribution in [2.24, 2.45) is 10.8 Å². The molecule has 8 heteroatoms. The summed E-state index contributed by atoms with van der Waals surface area (Å²) in [4.78, 5) is 85.9. The molecule has 12 rings (SSSR count). The highest BCUT2D eigenvalue weighted by molar-refractivity contribution is 6.34. The van der Waals surface area contributed by atoms with E-state index in [0.717, 1.165) is 11.1 Å². The Bertz CT molecular complexity index is 3620. The molecule has 0 aliphatic heterocycles. The molecular formula is C54H34O8. The minimum absolute atomic E-state index is 0.299. The van der Waals surface area contributed by atoms with Crippen LogP contribution in [0, 0.1) is 10.8 Å². The van der Waals surface area contributed by atoms with Crippen LogP contribution in [0.5, 0.6) is 11.5 Å². The van der Waals surface area contributed by atoms with Gasteiger partial charge in [0.1, 0.15) is 11.5 Å². The number of rotatable bonds is 3. The van der Waals surface area contributed by atoms with Crippen molar-refractivity contribution in [2.75, 3.05) is 0 Å². The average Bonchev–Trinajstić information content (AvgIpc) is 3.25. The minimum atomic E-state index is -0.814. The highest BCUT2D eigenvalue weighted by Crippen LogP contribution is 2.53. The molecule has 0 amide bonds. The summed E-state index contributed by atoms with van der Waals surface area (Å²) in [5.41, 5.74) is 0.661. The Balaban J connectivity index is 1.19. The first kappa shape index (κ1) is 36.3. The molecule has 0 spiro atoms. The second-order valence-corrected chi connectivity index (χ2v) is 18.8. The monoisotopic (exact) mass is 810 g/mol. The SMILES string of the molecule is CC(C)(C)C(=O)Oc1c2cccc3c(=O)c4cc(-c5cc6c7c(c5)c(=O)c5cccc8c(OC(=O)C(C)(C)C)c9cccc(c6=O)c9c-7c85)cc5c4-c(c23)c2c1cccc2c5=O. The van der Waals surface area contributed by atoms with Crippen LogP contribution in [0.3, 0.4) is 0 Å². The molecule has 8 aromatic carbocycles. The number of hydrogen-bond donors (Lipinski definition) is 0. The van der Waals surface area contributed by atoms with Crippen molar-refractivity contribution >= 4 is 98.1 Å². The average molecular weight is 811 g/mol. The molecule has 0 atom stereocenters. The van der Waals surface area contributed by atoms with Gasteiger partial charge in [0, 0.05) is 108 Å². The maximum atomic E-state index is 14.8. The van der Waals surface area contributed by atoms with Crippen molar-refractivity contribution in [3.05, 3.63) is 138 Å². The van der Waals surface area contributed by atoms with Crippen LogP contribution < -0.4 is 31.2 Å². The van der Waals surface area contributed by atoms with Crippen LogP contribution in [-0.2, 0) is 9.59 Å². The van der Waals surface area contributed by atoms with Gasteiger partial charge in [0.2, 0.25) is 0 Å². The Kier molecular flexibility index (Phi) is 6.80. The molecule has 0 fully saturated rings. The van der Waals surface area contributed by atoms with Gasteiger partial charge in [0.25, 0.3) is 0 Å². The number of benzene rings is 12.